The molecular weight excluding hydrogens is 190 g/mol. The van der Waals surface area contributed by atoms with E-state index in [1.54, 1.807) is 24.1 Å². The van der Waals surface area contributed by atoms with Gasteiger partial charge < -0.3 is 10.6 Å². The van der Waals surface area contributed by atoms with E-state index in [4.69, 9.17) is 11.0 Å². The number of amides is 1. The first-order chi connectivity index (χ1) is 7.17. The van der Waals surface area contributed by atoms with Gasteiger partial charge in [-0.15, -0.1) is 0 Å². The fraction of sp³-hybridized carbons (Fsp3) is 0.273. The summed E-state index contributed by atoms with van der Waals surface area (Å²) < 4.78 is 0. The Morgan fingerprint density at radius 1 is 1.47 bits per heavy atom. The number of carbonyl (C=O) groups is 1. The first-order valence-electron chi connectivity index (χ1n) is 4.60. The van der Waals surface area contributed by atoms with Crippen LogP contribution in [0.1, 0.15) is 11.1 Å². The SMILES string of the molecule is CN(Cc1ccc(C#N)cc1)C(=O)CN. The number of likely N-dealkylation sites (N-methyl/N-ethyl adjacent to an activating group) is 1. The number of benzene rings is 1. The van der Waals surface area contributed by atoms with Crippen LogP contribution in [-0.4, -0.2) is 24.4 Å². The Bertz CT molecular complexity index is 378. The van der Waals surface area contributed by atoms with Gasteiger partial charge in [0.2, 0.25) is 5.91 Å². The minimum absolute atomic E-state index is 0.0206. The van der Waals surface area contributed by atoms with Crippen LogP contribution in [0, 0.1) is 11.3 Å². The number of nitrogens with two attached hydrogens (primary N) is 1. The van der Waals surface area contributed by atoms with Crippen LogP contribution in [0.4, 0.5) is 0 Å². The molecule has 4 heteroatoms. The number of rotatable bonds is 3. The third kappa shape index (κ3) is 3.08. The van der Waals surface area contributed by atoms with Crippen molar-refractivity contribution in [3.63, 3.8) is 0 Å². The van der Waals surface area contributed by atoms with Gasteiger partial charge in [0, 0.05) is 13.6 Å². The molecule has 78 valence electrons. The summed E-state index contributed by atoms with van der Waals surface area (Å²) in [5, 5.41) is 8.61. The lowest BCUT2D eigenvalue weighted by Gasteiger charge is -2.15. The van der Waals surface area contributed by atoms with Crippen LogP contribution in [0.5, 0.6) is 0 Å². The van der Waals surface area contributed by atoms with Crippen LogP contribution in [0.25, 0.3) is 0 Å². The molecule has 0 aliphatic heterocycles. The van der Waals surface area contributed by atoms with Gasteiger partial charge in [0.1, 0.15) is 0 Å². The molecule has 1 rings (SSSR count). The van der Waals surface area contributed by atoms with Gasteiger partial charge in [-0.1, -0.05) is 12.1 Å². The predicted molar refractivity (Wildman–Crippen MR) is 56.7 cm³/mol. The molecule has 0 aliphatic rings. The van der Waals surface area contributed by atoms with Crippen molar-refractivity contribution in [2.45, 2.75) is 6.54 Å². The third-order valence-electron chi connectivity index (χ3n) is 2.10. The summed E-state index contributed by atoms with van der Waals surface area (Å²) in [4.78, 5) is 12.7. The second-order valence-electron chi connectivity index (χ2n) is 3.26. The summed E-state index contributed by atoms with van der Waals surface area (Å²) in [6.45, 7) is 0.536. The largest absolute Gasteiger partial charge is 0.340 e. The first kappa shape index (κ1) is 11.2. The van der Waals surface area contributed by atoms with E-state index >= 15 is 0 Å². The van der Waals surface area contributed by atoms with Crippen LogP contribution in [-0.2, 0) is 11.3 Å². The van der Waals surface area contributed by atoms with Crippen molar-refractivity contribution in [2.75, 3.05) is 13.6 Å². The molecule has 0 bridgehead atoms. The van der Waals surface area contributed by atoms with Crippen molar-refractivity contribution >= 4 is 5.91 Å². The Hall–Kier alpha value is -1.86. The summed E-state index contributed by atoms with van der Waals surface area (Å²) in [7, 11) is 1.70. The van der Waals surface area contributed by atoms with Crippen LogP contribution in [0.3, 0.4) is 0 Å². The van der Waals surface area contributed by atoms with Gasteiger partial charge in [-0.05, 0) is 17.7 Å². The maximum Gasteiger partial charge on any atom is 0.236 e. The average Bonchev–Trinajstić information content (AvgIpc) is 2.29. The van der Waals surface area contributed by atoms with Gasteiger partial charge in [-0.25, -0.2) is 0 Å². The Kier molecular flexibility index (Phi) is 3.83. The zero-order valence-electron chi connectivity index (χ0n) is 8.60. The van der Waals surface area contributed by atoms with Gasteiger partial charge in [0.15, 0.2) is 0 Å². The molecule has 1 amide bonds. The molecule has 0 fully saturated rings. The Balaban J connectivity index is 2.66. The van der Waals surface area contributed by atoms with Crippen molar-refractivity contribution in [1.29, 1.82) is 5.26 Å². The average molecular weight is 203 g/mol. The zero-order valence-corrected chi connectivity index (χ0v) is 8.60. The van der Waals surface area contributed by atoms with Crippen molar-refractivity contribution in [3.05, 3.63) is 35.4 Å². The minimum Gasteiger partial charge on any atom is -0.340 e. The molecule has 0 aromatic heterocycles. The Morgan fingerprint density at radius 2 is 2.07 bits per heavy atom. The molecule has 1 aromatic carbocycles. The van der Waals surface area contributed by atoms with Crippen molar-refractivity contribution in [3.8, 4) is 6.07 Å². The van der Waals surface area contributed by atoms with Gasteiger partial charge in [0.25, 0.3) is 0 Å². The topological polar surface area (TPSA) is 70.1 Å². The molecule has 0 saturated heterocycles. The molecule has 0 atom stereocenters. The highest BCUT2D eigenvalue weighted by atomic mass is 16.2. The molecule has 0 aliphatic carbocycles. The normalized spacial score (nSPS) is 9.40. The van der Waals surface area contributed by atoms with E-state index < -0.39 is 0 Å². The molecule has 2 N–H and O–H groups in total. The van der Waals surface area contributed by atoms with Gasteiger partial charge in [0.05, 0.1) is 18.2 Å². The van der Waals surface area contributed by atoms with Crippen LogP contribution < -0.4 is 5.73 Å². The smallest absolute Gasteiger partial charge is 0.236 e. The highest BCUT2D eigenvalue weighted by Crippen LogP contribution is 2.05. The maximum absolute atomic E-state index is 11.2. The quantitative estimate of drug-likeness (QED) is 0.776. The molecular formula is C11H13N3O. The van der Waals surface area contributed by atoms with Gasteiger partial charge in [-0.2, -0.15) is 5.26 Å². The van der Waals surface area contributed by atoms with Crippen LogP contribution >= 0.6 is 0 Å². The van der Waals surface area contributed by atoms with E-state index in [1.165, 1.54) is 0 Å². The zero-order chi connectivity index (χ0) is 11.3. The molecule has 0 saturated carbocycles. The fourth-order valence-electron chi connectivity index (χ4n) is 1.20. The van der Waals surface area contributed by atoms with E-state index in [9.17, 15) is 4.79 Å². The standard InChI is InChI=1S/C11H13N3O/c1-14(11(15)7-13)8-10-4-2-9(6-12)3-5-10/h2-5H,7-8,13H2,1H3. The molecule has 0 spiro atoms. The Labute approximate surface area is 88.9 Å². The fourth-order valence-corrected chi connectivity index (χ4v) is 1.20. The molecule has 0 unspecified atom stereocenters. The lowest BCUT2D eigenvalue weighted by Crippen LogP contribution is -2.32. The number of hydrogen-bond donors (Lipinski definition) is 1. The minimum atomic E-state index is -0.0978. The highest BCUT2D eigenvalue weighted by Gasteiger charge is 2.06. The van der Waals surface area contributed by atoms with E-state index in [2.05, 4.69) is 0 Å². The molecule has 0 radical (unpaired) electrons. The van der Waals surface area contributed by atoms with E-state index in [0.29, 0.717) is 12.1 Å². The summed E-state index contributed by atoms with van der Waals surface area (Å²) in [6, 6.07) is 9.17. The number of nitriles is 1. The van der Waals surface area contributed by atoms with E-state index in [-0.39, 0.29) is 12.5 Å². The predicted octanol–water partition coefficient (Wildman–Crippen LogP) is 0.475. The van der Waals surface area contributed by atoms with E-state index in [1.807, 2.05) is 18.2 Å². The maximum atomic E-state index is 11.2. The first-order valence-corrected chi connectivity index (χ1v) is 4.60. The lowest BCUT2D eigenvalue weighted by atomic mass is 10.1. The van der Waals surface area contributed by atoms with Crippen molar-refractivity contribution < 1.29 is 4.79 Å². The van der Waals surface area contributed by atoms with Crippen LogP contribution in [0.2, 0.25) is 0 Å². The highest BCUT2D eigenvalue weighted by molar-refractivity contribution is 5.77. The number of hydrogen-bond acceptors (Lipinski definition) is 3. The second-order valence-corrected chi connectivity index (χ2v) is 3.26. The summed E-state index contributed by atoms with van der Waals surface area (Å²) in [5.41, 5.74) is 6.84. The van der Waals surface area contributed by atoms with Crippen molar-refractivity contribution in [2.24, 2.45) is 5.73 Å². The monoisotopic (exact) mass is 203 g/mol. The number of nitrogens with zero attached hydrogens (tertiary/aromatic N) is 2. The number of carbonyl (C=O) groups excluding carboxylic acids is 1. The van der Waals surface area contributed by atoms with Gasteiger partial charge in [-0.3, -0.25) is 4.79 Å². The third-order valence-corrected chi connectivity index (χ3v) is 2.10. The molecule has 1 aromatic rings. The Morgan fingerprint density at radius 3 is 2.53 bits per heavy atom. The van der Waals surface area contributed by atoms with Crippen molar-refractivity contribution in [1.82, 2.24) is 4.90 Å². The molecule has 4 nitrogen and oxygen atoms in total. The second kappa shape index (κ2) is 5.13. The molecule has 0 heterocycles. The van der Waals surface area contributed by atoms with E-state index in [0.717, 1.165) is 5.56 Å². The summed E-state index contributed by atoms with van der Waals surface area (Å²) >= 11 is 0. The van der Waals surface area contributed by atoms with Crippen LogP contribution in [0.15, 0.2) is 24.3 Å². The van der Waals surface area contributed by atoms with Gasteiger partial charge >= 0.3 is 0 Å². The summed E-state index contributed by atoms with van der Waals surface area (Å²) in [5.74, 6) is -0.0978. The molecule has 15 heavy (non-hydrogen) atoms. The summed E-state index contributed by atoms with van der Waals surface area (Å²) in [6.07, 6.45) is 0. The lowest BCUT2D eigenvalue weighted by molar-refractivity contribution is -0.128.